The fourth-order valence-electron chi connectivity index (χ4n) is 1.82. The highest BCUT2D eigenvalue weighted by Crippen LogP contribution is 2.25. The summed E-state index contributed by atoms with van der Waals surface area (Å²) < 4.78 is 1.78. The molecule has 1 aromatic heterocycles. The Morgan fingerprint density at radius 2 is 2.22 bits per heavy atom. The number of hydrogen-bond acceptors (Lipinski definition) is 3. The molecule has 0 saturated carbocycles. The van der Waals surface area contributed by atoms with Crippen molar-refractivity contribution in [2.45, 2.75) is 19.9 Å². The highest BCUT2D eigenvalue weighted by atomic mass is 35.5. The lowest BCUT2D eigenvalue weighted by Gasteiger charge is -2.08. The molecule has 1 heterocycles. The Balaban J connectivity index is 2.43. The molecule has 96 valence electrons. The largest absolute Gasteiger partial charge is 0.330 e. The summed E-state index contributed by atoms with van der Waals surface area (Å²) >= 11 is 7.23. The molecular weight excluding hydrogens is 268 g/mol. The number of benzene rings is 1. The molecule has 0 aliphatic rings. The molecule has 0 aliphatic heterocycles. The van der Waals surface area contributed by atoms with E-state index in [0.29, 0.717) is 13.1 Å². The maximum atomic E-state index is 11.8. The molecule has 0 amide bonds. The van der Waals surface area contributed by atoms with Gasteiger partial charge in [-0.05, 0) is 43.1 Å². The molecule has 0 saturated heterocycles. The van der Waals surface area contributed by atoms with Crippen LogP contribution >= 0.6 is 22.9 Å². The first kappa shape index (κ1) is 13.3. The van der Waals surface area contributed by atoms with E-state index in [2.05, 4.69) is 0 Å². The van der Waals surface area contributed by atoms with Crippen molar-refractivity contribution >= 4 is 22.9 Å². The van der Waals surface area contributed by atoms with Gasteiger partial charge in [-0.1, -0.05) is 29.0 Å². The van der Waals surface area contributed by atoms with Crippen LogP contribution in [0.25, 0.3) is 11.3 Å². The van der Waals surface area contributed by atoms with E-state index in [1.54, 1.807) is 4.57 Å². The minimum atomic E-state index is 0.0612. The third kappa shape index (κ3) is 2.66. The predicted molar refractivity (Wildman–Crippen MR) is 77.4 cm³/mol. The number of aromatic nitrogens is 1. The summed E-state index contributed by atoms with van der Waals surface area (Å²) in [5.41, 5.74) is 8.47. The fraction of sp³-hybridized carbons (Fsp3) is 0.308. The molecule has 2 N–H and O–H groups in total. The average Bonchev–Trinajstić information content (AvgIpc) is 2.72. The fourth-order valence-corrected chi connectivity index (χ4v) is 2.73. The molecule has 3 nitrogen and oxygen atoms in total. The van der Waals surface area contributed by atoms with Crippen LogP contribution in [0.5, 0.6) is 0 Å². The first-order valence-electron chi connectivity index (χ1n) is 5.78. The number of hydrogen-bond donors (Lipinski definition) is 1. The maximum Gasteiger partial charge on any atom is 0.307 e. The van der Waals surface area contributed by atoms with E-state index in [9.17, 15) is 4.79 Å². The minimum Gasteiger partial charge on any atom is -0.330 e. The highest BCUT2D eigenvalue weighted by Gasteiger charge is 2.09. The molecule has 0 atom stereocenters. The Hall–Kier alpha value is -1.10. The predicted octanol–water partition coefficient (Wildman–Crippen LogP) is 2.89. The van der Waals surface area contributed by atoms with Crippen LogP contribution < -0.4 is 10.6 Å². The van der Waals surface area contributed by atoms with Crippen LogP contribution in [0, 0.1) is 6.92 Å². The van der Waals surface area contributed by atoms with Gasteiger partial charge in [0.2, 0.25) is 0 Å². The zero-order chi connectivity index (χ0) is 13.1. The minimum absolute atomic E-state index is 0.0612. The number of nitrogens with zero attached hydrogens (tertiary/aromatic N) is 1. The molecule has 2 aromatic rings. The summed E-state index contributed by atoms with van der Waals surface area (Å²) in [6.07, 6.45) is 0.802. The lowest BCUT2D eigenvalue weighted by Crippen LogP contribution is -2.16. The molecule has 5 heteroatoms. The van der Waals surface area contributed by atoms with Crippen molar-refractivity contribution < 1.29 is 0 Å². The molecule has 18 heavy (non-hydrogen) atoms. The Labute approximate surface area is 115 Å². The lowest BCUT2D eigenvalue weighted by molar-refractivity contribution is 0.647. The van der Waals surface area contributed by atoms with Crippen molar-refractivity contribution in [3.63, 3.8) is 0 Å². The van der Waals surface area contributed by atoms with Crippen LogP contribution in [0.1, 0.15) is 12.0 Å². The second kappa shape index (κ2) is 5.69. The quantitative estimate of drug-likeness (QED) is 0.937. The van der Waals surface area contributed by atoms with E-state index >= 15 is 0 Å². The van der Waals surface area contributed by atoms with Gasteiger partial charge in [0.1, 0.15) is 0 Å². The summed E-state index contributed by atoms with van der Waals surface area (Å²) in [7, 11) is 0. The first-order chi connectivity index (χ1) is 8.63. The second-order valence-corrected chi connectivity index (χ2v) is 5.37. The van der Waals surface area contributed by atoms with Crippen LogP contribution in [0.2, 0.25) is 5.02 Å². The smallest absolute Gasteiger partial charge is 0.307 e. The van der Waals surface area contributed by atoms with Crippen LogP contribution in [0.3, 0.4) is 0 Å². The monoisotopic (exact) mass is 282 g/mol. The Morgan fingerprint density at radius 1 is 1.44 bits per heavy atom. The van der Waals surface area contributed by atoms with Crippen LogP contribution in [0.4, 0.5) is 0 Å². The van der Waals surface area contributed by atoms with E-state index < -0.39 is 0 Å². The zero-order valence-electron chi connectivity index (χ0n) is 10.1. The van der Waals surface area contributed by atoms with Crippen molar-refractivity contribution in [3.05, 3.63) is 43.8 Å². The van der Waals surface area contributed by atoms with Gasteiger partial charge in [0.05, 0.1) is 5.69 Å². The Bertz CT molecular complexity index is 603. The SMILES string of the molecule is Cc1cc(-c2csc(=O)n2CCCN)ccc1Cl. The van der Waals surface area contributed by atoms with E-state index in [-0.39, 0.29) is 4.87 Å². The van der Waals surface area contributed by atoms with Gasteiger partial charge < -0.3 is 5.73 Å². The highest BCUT2D eigenvalue weighted by molar-refractivity contribution is 7.07. The van der Waals surface area contributed by atoms with Gasteiger partial charge in [0, 0.05) is 16.9 Å². The van der Waals surface area contributed by atoms with Crippen molar-refractivity contribution in [1.82, 2.24) is 4.57 Å². The van der Waals surface area contributed by atoms with E-state index in [1.807, 2.05) is 30.5 Å². The van der Waals surface area contributed by atoms with Crippen LogP contribution in [-0.4, -0.2) is 11.1 Å². The summed E-state index contributed by atoms with van der Waals surface area (Å²) in [5, 5.41) is 2.63. The number of thiazole rings is 1. The van der Waals surface area contributed by atoms with Crippen molar-refractivity contribution in [3.8, 4) is 11.3 Å². The number of aryl methyl sites for hydroxylation is 1. The molecule has 0 unspecified atom stereocenters. The summed E-state index contributed by atoms with van der Waals surface area (Å²) in [6, 6.07) is 5.81. The molecule has 0 radical (unpaired) electrons. The number of nitrogens with two attached hydrogens (primary N) is 1. The van der Waals surface area contributed by atoms with Crippen molar-refractivity contribution in [2.75, 3.05) is 6.54 Å². The zero-order valence-corrected chi connectivity index (χ0v) is 11.7. The molecule has 0 aliphatic carbocycles. The summed E-state index contributed by atoms with van der Waals surface area (Å²) in [5.74, 6) is 0. The van der Waals surface area contributed by atoms with Crippen molar-refractivity contribution in [2.24, 2.45) is 5.73 Å². The van der Waals surface area contributed by atoms with Gasteiger partial charge in [-0.2, -0.15) is 0 Å². The maximum absolute atomic E-state index is 11.8. The molecule has 0 bridgehead atoms. The number of halogens is 1. The third-order valence-corrected chi connectivity index (χ3v) is 4.01. The normalized spacial score (nSPS) is 10.8. The Morgan fingerprint density at radius 3 is 2.89 bits per heavy atom. The van der Waals surface area contributed by atoms with Gasteiger partial charge in [0.15, 0.2) is 0 Å². The molecular formula is C13H15ClN2OS. The summed E-state index contributed by atoms with van der Waals surface area (Å²) in [4.78, 5) is 11.8. The van der Waals surface area contributed by atoms with Gasteiger partial charge in [-0.15, -0.1) is 0 Å². The standard InChI is InChI=1S/C13H15ClN2OS/c1-9-7-10(3-4-11(9)14)12-8-18-13(17)16(12)6-2-5-15/h3-4,7-8H,2,5-6,15H2,1H3. The average molecular weight is 283 g/mol. The van der Waals surface area contributed by atoms with E-state index in [4.69, 9.17) is 17.3 Å². The first-order valence-corrected chi connectivity index (χ1v) is 7.04. The van der Waals surface area contributed by atoms with E-state index in [1.165, 1.54) is 11.3 Å². The van der Waals surface area contributed by atoms with Crippen LogP contribution in [-0.2, 0) is 6.54 Å². The van der Waals surface area contributed by atoms with Gasteiger partial charge in [0.25, 0.3) is 0 Å². The summed E-state index contributed by atoms with van der Waals surface area (Å²) in [6.45, 7) is 3.21. The molecule has 0 spiro atoms. The Kier molecular flexibility index (Phi) is 4.22. The second-order valence-electron chi connectivity index (χ2n) is 4.14. The lowest BCUT2D eigenvalue weighted by atomic mass is 10.1. The molecule has 0 fully saturated rings. The van der Waals surface area contributed by atoms with Crippen molar-refractivity contribution in [1.29, 1.82) is 0 Å². The van der Waals surface area contributed by atoms with Gasteiger partial charge in [-0.3, -0.25) is 9.36 Å². The van der Waals surface area contributed by atoms with Gasteiger partial charge >= 0.3 is 4.87 Å². The number of rotatable bonds is 4. The van der Waals surface area contributed by atoms with E-state index in [0.717, 1.165) is 28.3 Å². The molecule has 1 aromatic carbocycles. The third-order valence-electron chi connectivity index (χ3n) is 2.82. The topological polar surface area (TPSA) is 48.0 Å². The molecule has 2 rings (SSSR count). The van der Waals surface area contributed by atoms with Crippen LogP contribution in [0.15, 0.2) is 28.4 Å². The van der Waals surface area contributed by atoms with Gasteiger partial charge in [-0.25, -0.2) is 0 Å².